The first-order valence-corrected chi connectivity index (χ1v) is 6.51. The normalized spacial score (nSPS) is 10.7. The van der Waals surface area contributed by atoms with E-state index in [1.165, 1.54) is 17.4 Å². The van der Waals surface area contributed by atoms with Crippen LogP contribution in [-0.2, 0) is 0 Å². The van der Waals surface area contributed by atoms with Crippen LogP contribution >= 0.6 is 11.3 Å². The number of aromatic amines is 2. The van der Waals surface area contributed by atoms with Crippen LogP contribution in [0.15, 0.2) is 29.1 Å². The fraction of sp³-hybridized carbons (Fsp3) is 0.0833. The standard InChI is InChI=1S/C12H10N4O3S/c1-19-6-2-3-7-9(4-6)20-12(13-7)14-11(18)8-5-10(17)16-15-8/h2-5H,1H3,(H,13,14,18)(H2,15,16,17). The molecule has 3 rings (SSSR count). The number of nitrogens with one attached hydrogen (secondary N) is 3. The first kappa shape index (κ1) is 12.4. The molecule has 0 radical (unpaired) electrons. The van der Waals surface area contributed by atoms with E-state index in [4.69, 9.17) is 4.74 Å². The number of nitrogens with zero attached hydrogens (tertiary/aromatic N) is 1. The quantitative estimate of drug-likeness (QED) is 0.681. The number of hydrogen-bond acceptors (Lipinski definition) is 5. The minimum Gasteiger partial charge on any atom is -0.497 e. The van der Waals surface area contributed by atoms with Crippen LogP contribution in [0.4, 0.5) is 5.13 Å². The molecule has 0 aliphatic rings. The largest absolute Gasteiger partial charge is 0.497 e. The Morgan fingerprint density at radius 2 is 2.20 bits per heavy atom. The maximum atomic E-state index is 11.9. The summed E-state index contributed by atoms with van der Waals surface area (Å²) in [6.45, 7) is 0. The zero-order valence-corrected chi connectivity index (χ0v) is 11.2. The lowest BCUT2D eigenvalue weighted by molar-refractivity contribution is 0.102. The molecular weight excluding hydrogens is 280 g/mol. The third-order valence-corrected chi connectivity index (χ3v) is 3.59. The van der Waals surface area contributed by atoms with Gasteiger partial charge in [-0.2, -0.15) is 0 Å². The van der Waals surface area contributed by atoms with Gasteiger partial charge in [0.15, 0.2) is 5.13 Å². The lowest BCUT2D eigenvalue weighted by Gasteiger charge is -1.96. The summed E-state index contributed by atoms with van der Waals surface area (Å²) in [7, 11) is 1.59. The predicted molar refractivity (Wildman–Crippen MR) is 75.5 cm³/mol. The van der Waals surface area contributed by atoms with Gasteiger partial charge in [0.2, 0.25) is 0 Å². The molecule has 1 aromatic carbocycles. The van der Waals surface area contributed by atoms with Gasteiger partial charge in [0.05, 0.1) is 17.3 Å². The highest BCUT2D eigenvalue weighted by molar-refractivity contribution is 7.22. The van der Waals surface area contributed by atoms with E-state index in [2.05, 4.69) is 20.5 Å². The maximum absolute atomic E-state index is 11.9. The molecule has 8 heteroatoms. The number of rotatable bonds is 3. The van der Waals surface area contributed by atoms with Gasteiger partial charge in [0.1, 0.15) is 11.4 Å². The molecule has 20 heavy (non-hydrogen) atoms. The summed E-state index contributed by atoms with van der Waals surface area (Å²) in [5, 5.41) is 7.88. The third-order valence-electron chi connectivity index (χ3n) is 2.66. The van der Waals surface area contributed by atoms with E-state index in [0.717, 1.165) is 16.0 Å². The minimum absolute atomic E-state index is 0.159. The average molecular weight is 290 g/mol. The summed E-state index contributed by atoms with van der Waals surface area (Å²) in [5.41, 5.74) is 0.574. The molecule has 0 unspecified atom stereocenters. The van der Waals surface area contributed by atoms with Crippen LogP contribution < -0.4 is 15.6 Å². The van der Waals surface area contributed by atoms with Gasteiger partial charge in [-0.3, -0.25) is 25.1 Å². The Balaban J connectivity index is 1.87. The van der Waals surface area contributed by atoms with Crippen LogP contribution in [0.3, 0.4) is 0 Å². The number of methoxy groups -OCH3 is 1. The number of thiazole rings is 1. The monoisotopic (exact) mass is 290 g/mol. The van der Waals surface area contributed by atoms with Gasteiger partial charge in [-0.05, 0) is 18.2 Å². The summed E-state index contributed by atoms with van der Waals surface area (Å²) in [6, 6.07) is 6.66. The van der Waals surface area contributed by atoms with Crippen molar-refractivity contribution in [3.8, 4) is 5.75 Å². The Kier molecular flexibility index (Phi) is 2.99. The second-order valence-corrected chi connectivity index (χ2v) is 5.01. The zero-order chi connectivity index (χ0) is 14.1. The first-order chi connectivity index (χ1) is 9.65. The topological polar surface area (TPSA) is 99.9 Å². The van der Waals surface area contributed by atoms with Crippen LogP contribution in [-0.4, -0.2) is 28.2 Å². The predicted octanol–water partition coefficient (Wildman–Crippen LogP) is 1.57. The Hall–Kier alpha value is -2.61. The van der Waals surface area contributed by atoms with Crippen LogP contribution in [0.5, 0.6) is 5.75 Å². The van der Waals surface area contributed by atoms with Crippen molar-refractivity contribution in [1.29, 1.82) is 0 Å². The maximum Gasteiger partial charge on any atom is 0.275 e. The van der Waals surface area contributed by atoms with Gasteiger partial charge >= 0.3 is 0 Å². The third kappa shape index (κ3) is 2.28. The molecule has 0 aliphatic carbocycles. The highest BCUT2D eigenvalue weighted by Crippen LogP contribution is 2.29. The molecule has 3 aromatic rings. The van der Waals surface area contributed by atoms with Gasteiger partial charge in [0, 0.05) is 6.07 Å². The first-order valence-electron chi connectivity index (χ1n) is 5.69. The lowest BCUT2D eigenvalue weighted by Crippen LogP contribution is -2.12. The van der Waals surface area contributed by atoms with E-state index in [1.54, 1.807) is 13.2 Å². The Labute approximate surface area is 116 Å². The van der Waals surface area contributed by atoms with Gasteiger partial charge in [-0.25, -0.2) is 4.98 Å². The molecule has 0 fully saturated rings. The van der Waals surface area contributed by atoms with Crippen molar-refractivity contribution >= 4 is 32.6 Å². The fourth-order valence-electron chi connectivity index (χ4n) is 1.70. The van der Waals surface area contributed by atoms with Crippen LogP contribution in [0, 0.1) is 0 Å². The van der Waals surface area contributed by atoms with Gasteiger partial charge < -0.3 is 4.74 Å². The van der Waals surface area contributed by atoms with Crippen molar-refractivity contribution < 1.29 is 9.53 Å². The molecule has 102 valence electrons. The fourth-order valence-corrected chi connectivity index (χ4v) is 2.59. The number of benzene rings is 1. The smallest absolute Gasteiger partial charge is 0.275 e. The number of carbonyl (C=O) groups is 1. The summed E-state index contributed by atoms with van der Waals surface area (Å²) in [5.74, 6) is 0.309. The van der Waals surface area contributed by atoms with Crippen LogP contribution in [0.25, 0.3) is 10.2 Å². The van der Waals surface area contributed by atoms with Crippen molar-refractivity contribution in [3.05, 3.63) is 40.3 Å². The summed E-state index contributed by atoms with van der Waals surface area (Å²) >= 11 is 1.33. The molecule has 7 nitrogen and oxygen atoms in total. The van der Waals surface area contributed by atoms with Crippen LogP contribution in [0.1, 0.15) is 10.5 Å². The molecule has 2 heterocycles. The lowest BCUT2D eigenvalue weighted by atomic mass is 10.3. The van der Waals surface area contributed by atoms with Crippen molar-refractivity contribution in [1.82, 2.24) is 15.2 Å². The van der Waals surface area contributed by atoms with E-state index in [0.29, 0.717) is 5.13 Å². The highest BCUT2D eigenvalue weighted by atomic mass is 32.1. The molecule has 1 amide bonds. The number of H-pyrrole nitrogens is 2. The molecule has 0 saturated carbocycles. The number of hydrogen-bond donors (Lipinski definition) is 3. The molecule has 0 bridgehead atoms. The van der Waals surface area contributed by atoms with Crippen molar-refractivity contribution in [2.45, 2.75) is 0 Å². The molecule has 2 aromatic heterocycles. The Morgan fingerprint density at radius 3 is 2.90 bits per heavy atom. The number of amides is 1. The van der Waals surface area contributed by atoms with Gasteiger partial charge in [-0.1, -0.05) is 11.3 Å². The average Bonchev–Trinajstić information content (AvgIpc) is 3.03. The van der Waals surface area contributed by atoms with E-state index < -0.39 is 5.91 Å². The number of carbonyl (C=O) groups excluding carboxylic acids is 1. The second-order valence-electron chi connectivity index (χ2n) is 3.98. The number of ether oxygens (including phenoxy) is 1. The van der Waals surface area contributed by atoms with E-state index in [-0.39, 0.29) is 11.3 Å². The van der Waals surface area contributed by atoms with Crippen molar-refractivity contribution in [2.24, 2.45) is 0 Å². The minimum atomic E-state index is -0.422. The Bertz CT molecular complexity index is 832. The van der Waals surface area contributed by atoms with E-state index in [1.807, 2.05) is 12.1 Å². The van der Waals surface area contributed by atoms with Gasteiger partial charge in [-0.15, -0.1) is 0 Å². The number of anilines is 1. The van der Waals surface area contributed by atoms with Crippen molar-refractivity contribution in [3.63, 3.8) is 0 Å². The van der Waals surface area contributed by atoms with E-state index >= 15 is 0 Å². The number of fused-ring (bicyclic) bond motifs is 1. The molecule has 0 saturated heterocycles. The molecule has 0 aliphatic heterocycles. The number of aromatic nitrogens is 3. The van der Waals surface area contributed by atoms with Crippen LogP contribution in [0.2, 0.25) is 0 Å². The SMILES string of the molecule is COc1ccc2nc(NC(=O)c3cc(=O)[nH][nH]3)sc2c1. The summed E-state index contributed by atoms with van der Waals surface area (Å²) in [4.78, 5) is 27.1. The summed E-state index contributed by atoms with van der Waals surface area (Å²) < 4.78 is 6.04. The van der Waals surface area contributed by atoms with Crippen molar-refractivity contribution in [2.75, 3.05) is 12.4 Å². The summed E-state index contributed by atoms with van der Waals surface area (Å²) in [6.07, 6.45) is 0. The molecule has 0 spiro atoms. The Morgan fingerprint density at radius 1 is 1.35 bits per heavy atom. The highest BCUT2D eigenvalue weighted by Gasteiger charge is 2.12. The molecule has 0 atom stereocenters. The second kappa shape index (κ2) is 4.82. The molecular formula is C12H10N4O3S. The zero-order valence-electron chi connectivity index (χ0n) is 10.4. The molecule has 3 N–H and O–H groups in total. The van der Waals surface area contributed by atoms with E-state index in [9.17, 15) is 9.59 Å². The van der Waals surface area contributed by atoms with Gasteiger partial charge in [0.25, 0.3) is 11.5 Å².